The fourth-order valence-corrected chi connectivity index (χ4v) is 1.25. The lowest BCUT2D eigenvalue weighted by Crippen LogP contribution is -1.94. The van der Waals surface area contributed by atoms with E-state index in [1.54, 1.807) is 31.4 Å². The van der Waals surface area contributed by atoms with E-state index in [-0.39, 0.29) is 5.88 Å². The summed E-state index contributed by atoms with van der Waals surface area (Å²) in [5.74, 6) is 1.54. The van der Waals surface area contributed by atoms with E-state index in [1.807, 2.05) is 0 Å². The summed E-state index contributed by atoms with van der Waals surface area (Å²) in [6.07, 6.45) is 3.38. The van der Waals surface area contributed by atoms with Crippen molar-refractivity contribution in [3.63, 3.8) is 0 Å². The van der Waals surface area contributed by atoms with Crippen LogP contribution in [0.5, 0.6) is 17.4 Å². The number of methoxy groups -OCH3 is 1. The zero-order valence-corrected chi connectivity index (χ0v) is 9.16. The number of benzene rings is 1. The number of carbonyl (C=O) groups is 1. The number of hydrogen-bond donors (Lipinski definition) is 0. The molecule has 0 N–H and O–H groups in total. The fourth-order valence-electron chi connectivity index (χ4n) is 1.25. The zero-order valence-electron chi connectivity index (χ0n) is 9.16. The van der Waals surface area contributed by atoms with Crippen LogP contribution < -0.4 is 9.47 Å². The van der Waals surface area contributed by atoms with Gasteiger partial charge in [0, 0.05) is 6.20 Å². The van der Waals surface area contributed by atoms with Gasteiger partial charge in [-0.1, -0.05) is 0 Å². The van der Waals surface area contributed by atoms with Gasteiger partial charge >= 0.3 is 0 Å². The summed E-state index contributed by atoms with van der Waals surface area (Å²) in [6.45, 7) is 0. The normalized spacial score (nSPS) is 9.71. The number of ether oxygens (including phenoxy) is 2. The van der Waals surface area contributed by atoms with E-state index < -0.39 is 0 Å². The first-order valence-electron chi connectivity index (χ1n) is 4.90. The minimum Gasteiger partial charge on any atom is -0.497 e. The lowest BCUT2D eigenvalue weighted by molar-refractivity contribution is 0.112. The van der Waals surface area contributed by atoms with Crippen molar-refractivity contribution in [1.82, 2.24) is 9.97 Å². The number of hydrogen-bond acceptors (Lipinski definition) is 5. The molecule has 1 heterocycles. The van der Waals surface area contributed by atoms with Gasteiger partial charge in [0.2, 0.25) is 5.88 Å². The van der Waals surface area contributed by atoms with Crippen LogP contribution >= 0.6 is 0 Å². The highest BCUT2D eigenvalue weighted by atomic mass is 16.5. The third-order valence-electron chi connectivity index (χ3n) is 2.10. The molecule has 1 aromatic carbocycles. The van der Waals surface area contributed by atoms with Gasteiger partial charge < -0.3 is 9.47 Å². The van der Waals surface area contributed by atoms with Crippen LogP contribution in [-0.2, 0) is 0 Å². The monoisotopic (exact) mass is 230 g/mol. The summed E-state index contributed by atoms with van der Waals surface area (Å²) >= 11 is 0. The van der Waals surface area contributed by atoms with E-state index in [0.29, 0.717) is 17.6 Å². The fraction of sp³-hybridized carbons (Fsp3) is 0.0833. The van der Waals surface area contributed by atoms with Crippen molar-refractivity contribution in [3.8, 4) is 17.4 Å². The van der Waals surface area contributed by atoms with Crippen LogP contribution in [0.4, 0.5) is 0 Å². The SMILES string of the molecule is COc1ccc(Oc2ncncc2C=O)cc1. The lowest BCUT2D eigenvalue weighted by Gasteiger charge is -2.06. The molecule has 0 aliphatic carbocycles. The molecule has 0 fully saturated rings. The topological polar surface area (TPSA) is 61.3 Å². The molecule has 17 heavy (non-hydrogen) atoms. The van der Waals surface area contributed by atoms with Crippen molar-refractivity contribution >= 4 is 6.29 Å². The van der Waals surface area contributed by atoms with E-state index in [2.05, 4.69) is 9.97 Å². The minimum absolute atomic E-state index is 0.236. The van der Waals surface area contributed by atoms with Crippen molar-refractivity contribution in [2.24, 2.45) is 0 Å². The van der Waals surface area contributed by atoms with Gasteiger partial charge in [0.05, 0.1) is 12.7 Å². The zero-order chi connectivity index (χ0) is 12.1. The highest BCUT2D eigenvalue weighted by molar-refractivity contribution is 5.77. The molecule has 5 heteroatoms. The summed E-state index contributed by atoms with van der Waals surface area (Å²) < 4.78 is 10.5. The Morgan fingerprint density at radius 1 is 1.18 bits per heavy atom. The van der Waals surface area contributed by atoms with Crippen molar-refractivity contribution in [2.45, 2.75) is 0 Å². The molecule has 0 atom stereocenters. The second-order valence-corrected chi connectivity index (χ2v) is 3.18. The van der Waals surface area contributed by atoms with E-state index in [0.717, 1.165) is 5.75 Å². The Bertz CT molecular complexity index is 511. The first kappa shape index (κ1) is 11.1. The van der Waals surface area contributed by atoms with Crippen LogP contribution in [0.15, 0.2) is 36.8 Å². The number of aldehydes is 1. The maximum Gasteiger partial charge on any atom is 0.232 e. The maximum atomic E-state index is 10.7. The average Bonchev–Trinajstić information content (AvgIpc) is 2.40. The number of aromatic nitrogens is 2. The van der Waals surface area contributed by atoms with Gasteiger partial charge in [-0.25, -0.2) is 9.97 Å². The van der Waals surface area contributed by atoms with Crippen LogP contribution in [0.3, 0.4) is 0 Å². The first-order valence-corrected chi connectivity index (χ1v) is 4.90. The molecular weight excluding hydrogens is 220 g/mol. The molecule has 0 saturated carbocycles. The van der Waals surface area contributed by atoms with Crippen LogP contribution in [0.2, 0.25) is 0 Å². The summed E-state index contributed by atoms with van der Waals surface area (Å²) in [5, 5.41) is 0. The average molecular weight is 230 g/mol. The molecule has 0 saturated heterocycles. The lowest BCUT2D eigenvalue weighted by atomic mass is 10.3. The predicted octanol–water partition coefficient (Wildman–Crippen LogP) is 2.09. The van der Waals surface area contributed by atoms with Gasteiger partial charge in [0.15, 0.2) is 6.29 Å². The molecule has 0 spiro atoms. The van der Waals surface area contributed by atoms with Crippen molar-refractivity contribution < 1.29 is 14.3 Å². The molecule has 5 nitrogen and oxygen atoms in total. The van der Waals surface area contributed by atoms with Crippen molar-refractivity contribution in [1.29, 1.82) is 0 Å². The molecule has 2 aromatic rings. The summed E-state index contributed by atoms with van der Waals surface area (Å²) in [7, 11) is 1.59. The molecule has 0 amide bonds. The van der Waals surface area contributed by atoms with E-state index in [1.165, 1.54) is 12.5 Å². The standard InChI is InChI=1S/C12H10N2O3/c1-16-10-2-4-11(5-3-10)17-12-9(7-15)6-13-8-14-12/h2-8H,1H3. The van der Waals surface area contributed by atoms with Gasteiger partial charge in [-0.3, -0.25) is 4.79 Å². The molecule has 1 aromatic heterocycles. The third-order valence-corrected chi connectivity index (χ3v) is 2.10. The summed E-state index contributed by atoms with van der Waals surface area (Å²) in [4.78, 5) is 18.4. The number of nitrogens with zero attached hydrogens (tertiary/aromatic N) is 2. The second-order valence-electron chi connectivity index (χ2n) is 3.18. The molecule has 0 bridgehead atoms. The van der Waals surface area contributed by atoms with E-state index in [9.17, 15) is 4.79 Å². The molecular formula is C12H10N2O3. The molecule has 0 aliphatic heterocycles. The van der Waals surface area contributed by atoms with Gasteiger partial charge in [-0.2, -0.15) is 0 Å². The summed E-state index contributed by atoms with van der Waals surface area (Å²) in [5.41, 5.74) is 0.309. The van der Waals surface area contributed by atoms with E-state index in [4.69, 9.17) is 9.47 Å². The van der Waals surface area contributed by atoms with Gasteiger partial charge in [0.25, 0.3) is 0 Å². The van der Waals surface area contributed by atoms with E-state index >= 15 is 0 Å². The number of carbonyl (C=O) groups excluding carboxylic acids is 1. The second kappa shape index (κ2) is 5.07. The van der Waals surface area contributed by atoms with Gasteiger partial charge in [0.1, 0.15) is 17.8 Å². The minimum atomic E-state index is 0.236. The molecule has 86 valence electrons. The van der Waals surface area contributed by atoms with Crippen LogP contribution in [0.25, 0.3) is 0 Å². The highest BCUT2D eigenvalue weighted by Crippen LogP contribution is 2.23. The Balaban J connectivity index is 2.22. The largest absolute Gasteiger partial charge is 0.497 e. The molecule has 0 aliphatic rings. The van der Waals surface area contributed by atoms with Crippen molar-refractivity contribution in [3.05, 3.63) is 42.4 Å². The molecule has 0 radical (unpaired) electrons. The molecule has 2 rings (SSSR count). The predicted molar refractivity (Wildman–Crippen MR) is 60.5 cm³/mol. The number of rotatable bonds is 4. The van der Waals surface area contributed by atoms with Crippen LogP contribution in [0, 0.1) is 0 Å². The quantitative estimate of drug-likeness (QED) is 0.752. The van der Waals surface area contributed by atoms with Crippen molar-refractivity contribution in [2.75, 3.05) is 7.11 Å². The van der Waals surface area contributed by atoms with Gasteiger partial charge in [-0.15, -0.1) is 0 Å². The van der Waals surface area contributed by atoms with Crippen LogP contribution in [0.1, 0.15) is 10.4 Å². The third kappa shape index (κ3) is 2.57. The van der Waals surface area contributed by atoms with Gasteiger partial charge in [-0.05, 0) is 24.3 Å². The Morgan fingerprint density at radius 3 is 2.53 bits per heavy atom. The maximum absolute atomic E-state index is 10.7. The Labute approximate surface area is 98.0 Å². The highest BCUT2D eigenvalue weighted by Gasteiger charge is 2.05. The Morgan fingerprint density at radius 2 is 1.88 bits per heavy atom. The smallest absolute Gasteiger partial charge is 0.232 e. The molecule has 0 unspecified atom stereocenters. The van der Waals surface area contributed by atoms with Crippen LogP contribution in [-0.4, -0.2) is 23.4 Å². The summed E-state index contributed by atoms with van der Waals surface area (Å²) in [6, 6.07) is 6.99. The Hall–Kier alpha value is -2.43. The first-order chi connectivity index (χ1) is 8.33. The Kier molecular flexibility index (Phi) is 3.30.